The number of nitrogens with one attached hydrogen (secondary N) is 2. The van der Waals surface area contributed by atoms with Crippen LogP contribution in [0.15, 0.2) is 10.2 Å². The van der Waals surface area contributed by atoms with E-state index in [1.165, 1.54) is 58.3 Å². The van der Waals surface area contributed by atoms with Crippen LogP contribution < -0.4 is 10.6 Å². The Bertz CT molecular complexity index is 1460. The van der Waals surface area contributed by atoms with Crippen LogP contribution in [0.1, 0.15) is 155 Å². The Morgan fingerprint density at radius 3 is 2.10 bits per heavy atom. The minimum absolute atomic E-state index is 0.0332. The van der Waals surface area contributed by atoms with E-state index in [1.54, 1.807) is 0 Å². The highest BCUT2D eigenvalue weighted by Crippen LogP contribution is 2.47. The maximum absolute atomic E-state index is 13.4. The van der Waals surface area contributed by atoms with Gasteiger partial charge in [-0.25, -0.2) is 5.26 Å². The van der Waals surface area contributed by atoms with Crippen molar-refractivity contribution >= 4 is 34.0 Å². The molecular formula is C43H76N4O12S2. The van der Waals surface area contributed by atoms with Crippen LogP contribution in [0.2, 0.25) is 0 Å². The fourth-order valence-electron chi connectivity index (χ4n) is 11.2. The lowest BCUT2D eigenvalue weighted by Crippen LogP contribution is -2.60. The number of fused-ring (bicyclic) bond motifs is 2. The number of aliphatic hydroxyl groups excluding tert-OH is 2. The van der Waals surface area contributed by atoms with Crippen LogP contribution >= 0.6 is 12.0 Å². The molecule has 0 heterocycles. The van der Waals surface area contributed by atoms with E-state index in [-0.39, 0.29) is 54.7 Å². The number of ether oxygens (including phenoxy) is 2. The van der Waals surface area contributed by atoms with E-state index < -0.39 is 62.7 Å². The standard InChI is InChI=1S/C43H76N4O12S2/c1-3-4-5-6-7-8-9-10-11-14-21-44-43(51)35-27-37(33-15-12-13-16-34(33)41(35)49)57-23-22-56-31-19-17-30(18-20-31)46-47-40-38(60-59-58-52)25-29-24-32(61(53,54)55)26-36(45-28(2)48)39(29)42(40)50/h29-42,49-50,52H,3-27H2,1-2H3,(H,44,51)(H,45,48)(H,53,54,55). The number of nitrogens with zero attached hydrogens (tertiary/aromatic N) is 2. The van der Waals surface area contributed by atoms with Crippen molar-refractivity contribution in [3.05, 3.63) is 0 Å². The highest BCUT2D eigenvalue weighted by molar-refractivity contribution is 7.95. The molecule has 0 saturated heterocycles. The molecule has 0 spiro atoms. The first-order valence-electron chi connectivity index (χ1n) is 23.5. The van der Waals surface area contributed by atoms with Gasteiger partial charge in [-0.3, -0.25) is 14.1 Å². The number of aliphatic hydroxyl groups is 2. The average molecular weight is 905 g/mol. The van der Waals surface area contributed by atoms with Crippen LogP contribution in [0, 0.1) is 29.6 Å². The largest absolute Gasteiger partial charge is 0.392 e. The lowest BCUT2D eigenvalue weighted by atomic mass is 9.64. The predicted molar refractivity (Wildman–Crippen MR) is 231 cm³/mol. The van der Waals surface area contributed by atoms with E-state index in [4.69, 9.17) is 19.1 Å². The van der Waals surface area contributed by atoms with Crippen molar-refractivity contribution in [2.45, 2.75) is 208 Å². The van der Waals surface area contributed by atoms with Gasteiger partial charge in [0.2, 0.25) is 11.8 Å². The normalized spacial score (nSPS) is 35.6. The van der Waals surface area contributed by atoms with Gasteiger partial charge in [0.05, 0.1) is 60.1 Å². The van der Waals surface area contributed by atoms with Crippen LogP contribution in [0.4, 0.5) is 0 Å². The first-order valence-corrected chi connectivity index (χ1v) is 25.9. The Labute approximate surface area is 368 Å². The molecule has 5 saturated carbocycles. The van der Waals surface area contributed by atoms with Crippen LogP contribution in [0.5, 0.6) is 0 Å². The zero-order chi connectivity index (χ0) is 43.8. The molecule has 0 aromatic heterocycles. The molecule has 5 aliphatic rings. The number of carbonyl (C=O) groups excluding carboxylic acids is 2. The van der Waals surface area contributed by atoms with E-state index in [0.717, 1.165) is 76.3 Å². The molecule has 0 aromatic carbocycles. The summed E-state index contributed by atoms with van der Waals surface area (Å²) in [5.74, 6) is -1.50. The topological polar surface area (TPSA) is 235 Å². The molecule has 5 aliphatic carbocycles. The number of azo groups is 1. The second kappa shape index (κ2) is 25.9. The average Bonchev–Trinajstić information content (AvgIpc) is 3.23. The molecule has 5 rings (SSSR count). The smallest absolute Gasteiger partial charge is 0.267 e. The molecule has 12 atom stereocenters. The summed E-state index contributed by atoms with van der Waals surface area (Å²) < 4.78 is 51.6. The van der Waals surface area contributed by atoms with Gasteiger partial charge in [-0.15, -0.1) is 4.33 Å². The molecule has 0 bridgehead atoms. The summed E-state index contributed by atoms with van der Waals surface area (Å²) in [5.41, 5.74) is 0. The molecule has 0 aliphatic heterocycles. The van der Waals surface area contributed by atoms with Crippen LogP contribution in [-0.4, -0.2) is 113 Å². The summed E-state index contributed by atoms with van der Waals surface area (Å²) in [6.07, 6.45) is 18.6. The van der Waals surface area contributed by atoms with Gasteiger partial charge in [-0.1, -0.05) is 82.6 Å². The zero-order valence-corrected chi connectivity index (χ0v) is 38.2. The predicted octanol–water partition coefficient (Wildman–Crippen LogP) is 6.73. The zero-order valence-electron chi connectivity index (χ0n) is 36.5. The first kappa shape index (κ1) is 50.5. The molecule has 16 nitrogen and oxygen atoms in total. The molecule has 18 heteroatoms. The molecule has 12 unspecified atom stereocenters. The Kier molecular flexibility index (Phi) is 21.4. The van der Waals surface area contributed by atoms with Crippen molar-refractivity contribution in [1.29, 1.82) is 0 Å². The van der Waals surface area contributed by atoms with Gasteiger partial charge in [-0.2, -0.15) is 18.6 Å². The number of unbranched alkanes of at least 4 members (excludes halogenated alkanes) is 9. The summed E-state index contributed by atoms with van der Waals surface area (Å²) >= 11 is 0.764. The van der Waals surface area contributed by atoms with E-state index in [2.05, 4.69) is 32.8 Å². The van der Waals surface area contributed by atoms with Crippen molar-refractivity contribution in [3.63, 3.8) is 0 Å². The lowest BCUT2D eigenvalue weighted by Gasteiger charge is -2.49. The van der Waals surface area contributed by atoms with Crippen molar-refractivity contribution < 1.29 is 56.9 Å². The second-order valence-corrected chi connectivity index (χ2v) is 21.2. The molecular weight excluding hydrogens is 829 g/mol. The number of rotatable bonds is 24. The minimum Gasteiger partial charge on any atom is -0.392 e. The van der Waals surface area contributed by atoms with Crippen molar-refractivity contribution in [1.82, 2.24) is 10.6 Å². The third-order valence-corrected chi connectivity index (χ3v) is 16.5. The van der Waals surface area contributed by atoms with Gasteiger partial charge in [0.1, 0.15) is 6.04 Å². The van der Waals surface area contributed by atoms with Crippen LogP contribution in [-0.2, 0) is 38.6 Å². The van der Waals surface area contributed by atoms with E-state index in [1.807, 2.05) is 0 Å². The molecule has 2 amide bonds. The highest BCUT2D eigenvalue weighted by Gasteiger charge is 2.53. The van der Waals surface area contributed by atoms with Crippen LogP contribution in [0.25, 0.3) is 0 Å². The van der Waals surface area contributed by atoms with Gasteiger partial charge in [-0.05, 0) is 88.4 Å². The van der Waals surface area contributed by atoms with Crippen molar-refractivity contribution in [2.24, 2.45) is 39.8 Å². The summed E-state index contributed by atoms with van der Waals surface area (Å²) in [4.78, 5) is 25.4. The molecule has 0 radical (unpaired) electrons. The van der Waals surface area contributed by atoms with Gasteiger partial charge in [0.15, 0.2) is 0 Å². The molecule has 61 heavy (non-hydrogen) atoms. The maximum atomic E-state index is 13.4. The molecule has 0 aromatic rings. The van der Waals surface area contributed by atoms with Crippen molar-refractivity contribution in [2.75, 3.05) is 19.8 Å². The fourth-order valence-corrected chi connectivity index (χ4v) is 13.0. The summed E-state index contributed by atoms with van der Waals surface area (Å²) in [5, 5.41) is 49.2. The van der Waals surface area contributed by atoms with E-state index >= 15 is 0 Å². The van der Waals surface area contributed by atoms with E-state index in [0.29, 0.717) is 32.6 Å². The minimum atomic E-state index is -4.39. The Morgan fingerprint density at radius 1 is 0.787 bits per heavy atom. The monoisotopic (exact) mass is 904 g/mol. The lowest BCUT2D eigenvalue weighted by molar-refractivity contribution is -0.432. The molecule has 5 fully saturated rings. The quantitative estimate of drug-likeness (QED) is 0.0147. The maximum Gasteiger partial charge on any atom is 0.267 e. The third-order valence-electron chi connectivity index (χ3n) is 14.4. The van der Waals surface area contributed by atoms with Gasteiger partial charge in [0, 0.05) is 37.5 Å². The SMILES string of the molecule is CCCCCCCCCCCCNC(=O)C1CC(OCCOC2CCC(N=NC3C(SOOO)CC4CC(S(=O)(=O)O)CC(NC(C)=O)C4C3O)CC2)C2CCCCC2C1O. The summed E-state index contributed by atoms with van der Waals surface area (Å²) in [7, 11) is -4.39. The summed E-state index contributed by atoms with van der Waals surface area (Å²) in [6, 6.07) is -1.59. The Hall–Kier alpha value is -1.48. The fraction of sp³-hybridized carbons (Fsp3) is 0.953. The van der Waals surface area contributed by atoms with Gasteiger partial charge < -0.3 is 30.3 Å². The number of hydrogen-bond acceptors (Lipinski definition) is 14. The Balaban J connectivity index is 1.04. The van der Waals surface area contributed by atoms with Crippen LogP contribution in [0.3, 0.4) is 0 Å². The van der Waals surface area contributed by atoms with Crippen molar-refractivity contribution in [3.8, 4) is 0 Å². The summed E-state index contributed by atoms with van der Waals surface area (Å²) in [6.45, 7) is 5.06. The van der Waals surface area contributed by atoms with Gasteiger partial charge in [0.25, 0.3) is 10.1 Å². The molecule has 6 N–H and O–H groups in total. The molecule has 352 valence electrons. The first-order chi connectivity index (χ1) is 29.4. The van der Waals surface area contributed by atoms with Gasteiger partial charge >= 0.3 is 0 Å². The Morgan fingerprint density at radius 2 is 1.44 bits per heavy atom. The highest BCUT2D eigenvalue weighted by atomic mass is 32.2. The second-order valence-electron chi connectivity index (χ2n) is 18.6. The number of carbonyl (C=O) groups is 2. The number of hydrogen-bond donors (Lipinski definition) is 6. The number of amides is 2. The van der Waals surface area contributed by atoms with E-state index in [9.17, 15) is 32.8 Å². The third kappa shape index (κ3) is 15.3.